The molecule has 3 heterocycles. The maximum Gasteiger partial charge on any atom is 0.225 e. The predicted molar refractivity (Wildman–Crippen MR) is 107 cm³/mol. The van der Waals surface area contributed by atoms with Crippen molar-refractivity contribution in [3.63, 3.8) is 0 Å². The van der Waals surface area contributed by atoms with E-state index in [-0.39, 0.29) is 11.9 Å². The molecule has 0 radical (unpaired) electrons. The lowest BCUT2D eigenvalue weighted by Crippen LogP contribution is -2.28. The number of fused-ring (bicyclic) bond motifs is 1. The number of nitrogens with one attached hydrogen (secondary N) is 2. The van der Waals surface area contributed by atoms with E-state index in [4.69, 9.17) is 0 Å². The number of carbonyl (C=O) groups excluding carboxylic acids is 1. The van der Waals surface area contributed by atoms with Gasteiger partial charge in [-0.15, -0.1) is 11.3 Å². The second kappa shape index (κ2) is 8.50. The van der Waals surface area contributed by atoms with Crippen LogP contribution in [0.2, 0.25) is 0 Å². The summed E-state index contributed by atoms with van der Waals surface area (Å²) in [4.78, 5) is 22.2. The van der Waals surface area contributed by atoms with Crippen LogP contribution in [-0.2, 0) is 17.8 Å². The fraction of sp³-hybridized carbons (Fsp3) is 0.412. The smallest absolute Gasteiger partial charge is 0.225 e. The number of hydrogen-bond acceptors (Lipinski definition) is 7. The van der Waals surface area contributed by atoms with Crippen LogP contribution < -0.4 is 10.6 Å². The van der Waals surface area contributed by atoms with Crippen molar-refractivity contribution >= 4 is 45.9 Å². The quantitative estimate of drug-likeness (QED) is 0.454. The molecule has 0 fully saturated rings. The topological polar surface area (TPSA) is 84.7 Å². The van der Waals surface area contributed by atoms with E-state index >= 15 is 0 Å². The summed E-state index contributed by atoms with van der Waals surface area (Å²) < 4.78 is 1.81. The molecule has 0 atom stereocenters. The first-order valence-electron chi connectivity index (χ1n) is 8.40. The van der Waals surface area contributed by atoms with Gasteiger partial charge in [0, 0.05) is 17.5 Å². The van der Waals surface area contributed by atoms with Gasteiger partial charge in [-0.25, -0.2) is 14.6 Å². The molecule has 26 heavy (non-hydrogen) atoms. The van der Waals surface area contributed by atoms with Crippen LogP contribution in [0.25, 0.3) is 11.0 Å². The van der Waals surface area contributed by atoms with E-state index in [2.05, 4.69) is 39.5 Å². The number of hydrogen-bond donors (Lipinski definition) is 2. The van der Waals surface area contributed by atoms with E-state index in [1.54, 1.807) is 17.5 Å². The van der Waals surface area contributed by atoms with Gasteiger partial charge >= 0.3 is 0 Å². The highest BCUT2D eigenvalue weighted by molar-refractivity contribution is 7.98. The summed E-state index contributed by atoms with van der Waals surface area (Å²) in [5.74, 6) is 0.813. The molecule has 0 aromatic carbocycles. The summed E-state index contributed by atoms with van der Waals surface area (Å²) >= 11 is 3.09. The van der Waals surface area contributed by atoms with Gasteiger partial charge in [-0.2, -0.15) is 5.10 Å². The lowest BCUT2D eigenvalue weighted by Gasteiger charge is -2.11. The van der Waals surface area contributed by atoms with Crippen LogP contribution >= 0.6 is 23.1 Å². The zero-order chi connectivity index (χ0) is 18.5. The molecule has 3 aromatic rings. The third-order valence-corrected chi connectivity index (χ3v) is 5.07. The summed E-state index contributed by atoms with van der Waals surface area (Å²) in [5.41, 5.74) is 0.778. The van der Waals surface area contributed by atoms with Crippen molar-refractivity contribution < 1.29 is 4.79 Å². The highest BCUT2D eigenvalue weighted by atomic mass is 32.2. The summed E-state index contributed by atoms with van der Waals surface area (Å²) in [7, 11) is 0. The molecule has 9 heteroatoms. The van der Waals surface area contributed by atoms with Crippen molar-refractivity contribution in [1.29, 1.82) is 0 Å². The molecular weight excluding hydrogens is 368 g/mol. The lowest BCUT2D eigenvalue weighted by atomic mass is 10.3. The number of thioether (sulfide) groups is 1. The third kappa shape index (κ3) is 4.53. The fourth-order valence-corrected chi connectivity index (χ4v) is 3.57. The molecule has 1 amide bonds. The number of carbonyl (C=O) groups is 1. The number of aromatic nitrogens is 4. The van der Waals surface area contributed by atoms with Gasteiger partial charge in [-0.05, 0) is 31.5 Å². The van der Waals surface area contributed by atoms with Gasteiger partial charge < -0.3 is 10.6 Å². The highest BCUT2D eigenvalue weighted by Gasteiger charge is 2.13. The molecule has 7 nitrogen and oxygen atoms in total. The number of rotatable bonds is 8. The molecule has 0 aliphatic carbocycles. The Hall–Kier alpha value is -2.13. The molecule has 0 aliphatic heterocycles. The van der Waals surface area contributed by atoms with E-state index in [0.29, 0.717) is 24.7 Å². The van der Waals surface area contributed by atoms with Gasteiger partial charge in [0.15, 0.2) is 10.8 Å². The van der Waals surface area contributed by atoms with Crippen LogP contribution in [0.4, 0.5) is 5.82 Å². The van der Waals surface area contributed by atoms with Crippen LogP contribution in [-0.4, -0.2) is 44.5 Å². The SMILES string of the molecule is CSc1nc(NC(C)C)c2cnn(CCNC(=O)Cc3cccs3)c2n1. The monoisotopic (exact) mass is 390 g/mol. The van der Waals surface area contributed by atoms with E-state index in [9.17, 15) is 4.79 Å². The van der Waals surface area contributed by atoms with E-state index in [0.717, 1.165) is 21.7 Å². The third-order valence-electron chi connectivity index (χ3n) is 3.64. The zero-order valence-corrected chi connectivity index (χ0v) is 16.7. The van der Waals surface area contributed by atoms with Crippen LogP contribution in [0.5, 0.6) is 0 Å². The molecular formula is C17H22N6OS2. The average Bonchev–Trinajstić information content (AvgIpc) is 3.24. The Bertz CT molecular complexity index is 875. The maximum absolute atomic E-state index is 12.0. The standard InChI is InChI=1S/C17H22N6OS2/c1-11(2)20-15-13-10-19-23(16(13)22-17(21-15)25-3)7-6-18-14(24)9-12-5-4-8-26-12/h4-5,8,10-11H,6-7,9H2,1-3H3,(H,18,24)(H,20,21,22). The Labute approximate surface area is 160 Å². The van der Waals surface area contributed by atoms with Crippen LogP contribution in [0.15, 0.2) is 28.9 Å². The van der Waals surface area contributed by atoms with Crippen molar-refractivity contribution in [3.05, 3.63) is 28.6 Å². The number of nitrogens with zero attached hydrogens (tertiary/aromatic N) is 4. The predicted octanol–water partition coefficient (Wildman–Crippen LogP) is 2.79. The molecule has 3 aromatic heterocycles. The maximum atomic E-state index is 12.0. The van der Waals surface area contributed by atoms with Crippen LogP contribution in [0, 0.1) is 0 Å². The summed E-state index contributed by atoms with van der Waals surface area (Å²) in [6.45, 7) is 5.21. The summed E-state index contributed by atoms with van der Waals surface area (Å²) in [5, 5.41) is 14.3. The molecule has 0 unspecified atom stereocenters. The van der Waals surface area contributed by atoms with Crippen molar-refractivity contribution in [2.75, 3.05) is 18.1 Å². The molecule has 138 valence electrons. The fourth-order valence-electron chi connectivity index (χ4n) is 2.51. The second-order valence-electron chi connectivity index (χ2n) is 6.07. The molecule has 0 bridgehead atoms. The Morgan fingerprint density at radius 1 is 1.38 bits per heavy atom. The molecule has 0 saturated carbocycles. The van der Waals surface area contributed by atoms with Crippen molar-refractivity contribution in [1.82, 2.24) is 25.1 Å². The largest absolute Gasteiger partial charge is 0.367 e. The summed E-state index contributed by atoms with van der Waals surface area (Å²) in [6.07, 6.45) is 4.14. The van der Waals surface area contributed by atoms with Crippen molar-refractivity contribution in [2.24, 2.45) is 0 Å². The van der Waals surface area contributed by atoms with Gasteiger partial charge in [0.1, 0.15) is 5.82 Å². The Kier molecular flexibility index (Phi) is 6.10. The van der Waals surface area contributed by atoms with Crippen LogP contribution in [0.3, 0.4) is 0 Å². The average molecular weight is 391 g/mol. The lowest BCUT2D eigenvalue weighted by molar-refractivity contribution is -0.120. The van der Waals surface area contributed by atoms with E-state index in [1.807, 2.05) is 28.5 Å². The minimum Gasteiger partial charge on any atom is -0.367 e. The van der Waals surface area contributed by atoms with E-state index in [1.165, 1.54) is 11.8 Å². The number of amides is 1. The molecule has 3 rings (SSSR count). The zero-order valence-electron chi connectivity index (χ0n) is 15.0. The normalized spacial score (nSPS) is 11.2. The van der Waals surface area contributed by atoms with Crippen LogP contribution in [0.1, 0.15) is 18.7 Å². The molecule has 0 spiro atoms. The summed E-state index contributed by atoms with van der Waals surface area (Å²) in [6, 6.07) is 4.19. The van der Waals surface area contributed by atoms with Gasteiger partial charge in [0.2, 0.25) is 5.91 Å². The minimum atomic E-state index is 0.0190. The first-order valence-corrected chi connectivity index (χ1v) is 10.5. The van der Waals surface area contributed by atoms with Gasteiger partial charge in [-0.1, -0.05) is 17.8 Å². The second-order valence-corrected chi connectivity index (χ2v) is 7.87. The highest BCUT2D eigenvalue weighted by Crippen LogP contribution is 2.23. The number of anilines is 1. The van der Waals surface area contributed by atoms with Gasteiger partial charge in [-0.3, -0.25) is 4.79 Å². The molecule has 0 aliphatic rings. The van der Waals surface area contributed by atoms with Gasteiger partial charge in [0.05, 0.1) is 24.5 Å². The Morgan fingerprint density at radius 3 is 2.92 bits per heavy atom. The number of thiophene rings is 1. The van der Waals surface area contributed by atoms with Gasteiger partial charge in [0.25, 0.3) is 0 Å². The van der Waals surface area contributed by atoms with Crippen molar-refractivity contribution in [3.8, 4) is 0 Å². The first kappa shape index (κ1) is 18.7. The Morgan fingerprint density at radius 2 is 2.23 bits per heavy atom. The first-order chi connectivity index (χ1) is 12.6. The Balaban J connectivity index is 1.69. The minimum absolute atomic E-state index is 0.0190. The van der Waals surface area contributed by atoms with Crippen molar-refractivity contribution in [2.45, 2.75) is 38.0 Å². The van der Waals surface area contributed by atoms with E-state index < -0.39 is 0 Å². The molecule has 0 saturated heterocycles. The molecule has 2 N–H and O–H groups in total.